The van der Waals surface area contributed by atoms with Crippen molar-refractivity contribution < 1.29 is 0 Å². The molecule has 2 aromatic carbocycles. The molecule has 0 spiro atoms. The molecule has 1 saturated heterocycles. The highest BCUT2D eigenvalue weighted by Crippen LogP contribution is 2.29. The van der Waals surface area contributed by atoms with Gasteiger partial charge in [-0.05, 0) is 25.0 Å². The van der Waals surface area contributed by atoms with Gasteiger partial charge in [-0.1, -0.05) is 79.9 Å². The van der Waals surface area contributed by atoms with Crippen molar-refractivity contribution in [1.29, 1.82) is 0 Å². The Morgan fingerprint density at radius 1 is 0.600 bits per heavy atom. The Morgan fingerprint density at radius 2 is 1.00 bits per heavy atom. The van der Waals surface area contributed by atoms with Crippen LogP contribution in [0, 0.1) is 0 Å². The van der Waals surface area contributed by atoms with Crippen LogP contribution in [-0.2, 0) is 0 Å². The quantitative estimate of drug-likeness (QED) is 0.777. The van der Waals surface area contributed by atoms with Gasteiger partial charge in [0, 0.05) is 32.2 Å². The minimum absolute atomic E-state index is 0.372. The van der Waals surface area contributed by atoms with Gasteiger partial charge in [-0.3, -0.25) is 9.80 Å². The number of hydrogen-bond donors (Lipinski definition) is 0. The van der Waals surface area contributed by atoms with Gasteiger partial charge in [0.1, 0.15) is 0 Å². The maximum atomic E-state index is 2.63. The molecule has 2 heteroatoms. The number of hydrogen-bond acceptors (Lipinski definition) is 2. The number of benzene rings is 2. The van der Waals surface area contributed by atoms with E-state index in [9.17, 15) is 0 Å². The first-order chi connectivity index (χ1) is 12.3. The third-order valence-corrected chi connectivity index (χ3v) is 5.03. The lowest BCUT2D eigenvalue weighted by atomic mass is 9.96. The molecule has 0 amide bonds. The van der Waals surface area contributed by atoms with Crippen molar-refractivity contribution in [3.05, 3.63) is 71.8 Å². The van der Waals surface area contributed by atoms with Gasteiger partial charge in [0.05, 0.1) is 6.04 Å². The van der Waals surface area contributed by atoms with Crippen molar-refractivity contribution in [1.82, 2.24) is 9.80 Å². The molecule has 0 radical (unpaired) electrons. The molecular formula is C23H32N2. The van der Waals surface area contributed by atoms with Crippen molar-refractivity contribution in [3.63, 3.8) is 0 Å². The van der Waals surface area contributed by atoms with Gasteiger partial charge in [0.25, 0.3) is 0 Å². The second-order valence-corrected chi connectivity index (χ2v) is 7.45. The van der Waals surface area contributed by atoms with Crippen LogP contribution in [0.15, 0.2) is 60.7 Å². The van der Waals surface area contributed by atoms with E-state index in [4.69, 9.17) is 0 Å². The average molecular weight is 337 g/mol. The van der Waals surface area contributed by atoms with Crippen molar-refractivity contribution in [3.8, 4) is 0 Å². The van der Waals surface area contributed by atoms with Crippen LogP contribution >= 0.6 is 0 Å². The first-order valence-electron chi connectivity index (χ1n) is 9.83. The van der Waals surface area contributed by atoms with Crippen LogP contribution in [0.4, 0.5) is 0 Å². The molecule has 0 atom stereocenters. The lowest BCUT2D eigenvalue weighted by molar-refractivity contribution is 0.0893. The van der Waals surface area contributed by atoms with Crippen LogP contribution in [0.3, 0.4) is 0 Å². The van der Waals surface area contributed by atoms with E-state index in [1.807, 2.05) is 0 Å². The largest absolute Gasteiger partial charge is 0.298 e. The Labute approximate surface area is 153 Å². The van der Waals surface area contributed by atoms with Crippen molar-refractivity contribution in [2.75, 3.05) is 26.2 Å². The summed E-state index contributed by atoms with van der Waals surface area (Å²) in [6.45, 7) is 9.17. The van der Waals surface area contributed by atoms with Crippen LogP contribution < -0.4 is 0 Å². The molecule has 0 N–H and O–H groups in total. The zero-order valence-corrected chi connectivity index (χ0v) is 15.8. The molecule has 2 aromatic rings. The van der Waals surface area contributed by atoms with Crippen molar-refractivity contribution in [2.45, 2.75) is 45.2 Å². The third kappa shape index (κ3) is 5.42. The molecule has 2 fully saturated rings. The van der Waals surface area contributed by atoms with E-state index in [2.05, 4.69) is 84.3 Å². The number of nitrogens with zero attached hydrogens (tertiary/aromatic N) is 2. The minimum Gasteiger partial charge on any atom is -0.298 e. The Kier molecular flexibility index (Phi) is 6.66. The van der Waals surface area contributed by atoms with Gasteiger partial charge < -0.3 is 0 Å². The predicted molar refractivity (Wildman–Crippen MR) is 107 cm³/mol. The number of rotatable bonds is 4. The highest BCUT2D eigenvalue weighted by atomic mass is 15.3. The summed E-state index contributed by atoms with van der Waals surface area (Å²) in [4.78, 5) is 5.20. The first kappa shape index (κ1) is 18.2. The Balaban J connectivity index is 0.000000549. The summed E-state index contributed by atoms with van der Waals surface area (Å²) < 4.78 is 0. The van der Waals surface area contributed by atoms with E-state index >= 15 is 0 Å². The first-order valence-corrected chi connectivity index (χ1v) is 9.83. The molecule has 1 aliphatic heterocycles. The van der Waals surface area contributed by atoms with E-state index in [1.54, 1.807) is 0 Å². The zero-order chi connectivity index (χ0) is 17.5. The van der Waals surface area contributed by atoms with E-state index in [1.165, 1.54) is 30.4 Å². The Morgan fingerprint density at radius 3 is 1.36 bits per heavy atom. The van der Waals surface area contributed by atoms with Gasteiger partial charge >= 0.3 is 0 Å². The third-order valence-electron chi connectivity index (χ3n) is 5.03. The minimum atomic E-state index is 0.372. The Hall–Kier alpha value is -1.64. The lowest BCUT2D eigenvalue weighted by Gasteiger charge is -2.41. The highest BCUT2D eigenvalue weighted by molar-refractivity contribution is 5.31. The summed E-state index contributed by atoms with van der Waals surface area (Å²) in [5.41, 5.74) is 2.79. The monoisotopic (exact) mass is 336 g/mol. The van der Waals surface area contributed by atoms with Gasteiger partial charge in [-0.15, -0.1) is 0 Å². The summed E-state index contributed by atoms with van der Waals surface area (Å²) in [5.74, 6) is 0. The fourth-order valence-corrected chi connectivity index (χ4v) is 3.40. The SMILES string of the molecule is C1CC1.CC(C)N1CCN(C(c2ccccc2)c2ccccc2)CC1. The molecule has 0 aromatic heterocycles. The fraction of sp³-hybridized carbons (Fsp3) is 0.478. The summed E-state index contributed by atoms with van der Waals surface area (Å²) in [6, 6.07) is 22.8. The van der Waals surface area contributed by atoms with E-state index < -0.39 is 0 Å². The molecular weight excluding hydrogens is 304 g/mol. The average Bonchev–Trinajstić information content (AvgIpc) is 3.53. The van der Waals surface area contributed by atoms with Gasteiger partial charge in [-0.25, -0.2) is 0 Å². The van der Waals surface area contributed by atoms with Gasteiger partial charge in [0.2, 0.25) is 0 Å². The summed E-state index contributed by atoms with van der Waals surface area (Å²) >= 11 is 0. The summed E-state index contributed by atoms with van der Waals surface area (Å²) in [5, 5.41) is 0. The molecule has 2 nitrogen and oxygen atoms in total. The van der Waals surface area contributed by atoms with Crippen LogP contribution in [0.5, 0.6) is 0 Å². The topological polar surface area (TPSA) is 6.48 Å². The molecule has 1 heterocycles. The van der Waals surface area contributed by atoms with Crippen LogP contribution in [0.1, 0.15) is 50.3 Å². The standard InChI is InChI=1S/C20H26N2.C3H6/c1-17(2)21-13-15-22(16-14-21)20(18-9-5-3-6-10-18)19-11-7-4-8-12-19;1-2-3-1/h3-12,17,20H,13-16H2,1-2H3;1-3H2. The van der Waals surface area contributed by atoms with Crippen molar-refractivity contribution in [2.24, 2.45) is 0 Å². The van der Waals surface area contributed by atoms with Crippen molar-refractivity contribution >= 4 is 0 Å². The van der Waals surface area contributed by atoms with Gasteiger partial charge in [0.15, 0.2) is 0 Å². The normalized spacial score (nSPS) is 18.1. The number of piperazine rings is 1. The molecule has 4 rings (SSSR count). The zero-order valence-electron chi connectivity index (χ0n) is 15.8. The predicted octanol–water partition coefficient (Wildman–Crippen LogP) is 4.97. The molecule has 1 aliphatic carbocycles. The second kappa shape index (κ2) is 9.17. The molecule has 134 valence electrons. The lowest BCUT2D eigenvalue weighted by Crippen LogP contribution is -2.49. The summed E-state index contributed by atoms with van der Waals surface area (Å²) in [7, 11) is 0. The Bertz CT molecular complexity index is 556. The van der Waals surface area contributed by atoms with Crippen LogP contribution in [-0.4, -0.2) is 42.0 Å². The molecule has 0 unspecified atom stereocenters. The fourth-order valence-electron chi connectivity index (χ4n) is 3.40. The summed E-state index contributed by atoms with van der Waals surface area (Å²) in [6.07, 6.45) is 4.50. The van der Waals surface area contributed by atoms with E-state index in [-0.39, 0.29) is 0 Å². The molecule has 0 bridgehead atoms. The van der Waals surface area contributed by atoms with Crippen LogP contribution in [0.2, 0.25) is 0 Å². The molecule has 1 saturated carbocycles. The van der Waals surface area contributed by atoms with E-state index in [0.717, 1.165) is 26.2 Å². The maximum absolute atomic E-state index is 2.63. The highest BCUT2D eigenvalue weighted by Gasteiger charge is 2.26. The molecule has 2 aliphatic rings. The van der Waals surface area contributed by atoms with Gasteiger partial charge in [-0.2, -0.15) is 0 Å². The van der Waals surface area contributed by atoms with E-state index in [0.29, 0.717) is 12.1 Å². The molecule has 25 heavy (non-hydrogen) atoms. The second-order valence-electron chi connectivity index (χ2n) is 7.45. The van der Waals surface area contributed by atoms with Crippen LogP contribution in [0.25, 0.3) is 0 Å². The maximum Gasteiger partial charge on any atom is 0.0602 e. The smallest absolute Gasteiger partial charge is 0.0602 e.